The monoisotopic (exact) mass is 361 g/mol. The maximum absolute atomic E-state index is 13.5. The van der Waals surface area contributed by atoms with Crippen LogP contribution in [-0.4, -0.2) is 36.0 Å². The fraction of sp³-hybridized carbons (Fsp3) is 0.263. The van der Waals surface area contributed by atoms with Crippen molar-refractivity contribution < 1.29 is 27.8 Å². The molecule has 1 saturated heterocycles. The van der Waals surface area contributed by atoms with Gasteiger partial charge in [0.1, 0.15) is 11.9 Å². The molecule has 1 heterocycles. The Morgan fingerprint density at radius 1 is 1.08 bits per heavy atom. The van der Waals surface area contributed by atoms with Gasteiger partial charge in [0.2, 0.25) is 0 Å². The second-order valence-electron chi connectivity index (χ2n) is 6.00. The van der Waals surface area contributed by atoms with Crippen molar-refractivity contribution in [3.05, 3.63) is 65.7 Å². The van der Waals surface area contributed by atoms with E-state index in [9.17, 15) is 18.4 Å². The molecule has 2 aromatic carbocycles. The predicted octanol–water partition coefficient (Wildman–Crippen LogP) is 2.69. The summed E-state index contributed by atoms with van der Waals surface area (Å²) in [5.41, 5.74) is 1.14. The molecule has 5 nitrogen and oxygen atoms in total. The zero-order valence-electron chi connectivity index (χ0n) is 13.9. The lowest BCUT2D eigenvalue weighted by atomic mass is 10.2. The molecule has 1 unspecified atom stereocenters. The number of carbonyl (C=O) groups is 2. The van der Waals surface area contributed by atoms with E-state index in [4.69, 9.17) is 4.74 Å². The van der Waals surface area contributed by atoms with Gasteiger partial charge in [0.05, 0.1) is 0 Å². The zero-order valence-corrected chi connectivity index (χ0v) is 13.9. The van der Waals surface area contributed by atoms with Crippen LogP contribution in [-0.2, 0) is 20.9 Å². The van der Waals surface area contributed by atoms with Crippen molar-refractivity contribution in [1.29, 1.82) is 0 Å². The highest BCUT2D eigenvalue weighted by Gasteiger charge is 2.29. The number of halogens is 2. The van der Waals surface area contributed by atoms with Crippen LogP contribution < -0.4 is 4.74 Å². The fourth-order valence-corrected chi connectivity index (χ4v) is 2.78. The SMILES string of the molecule is O=C(Oc1ccc(F)cc1F)C(=O)OC1CCN(Cc2ccccc2)C1. The van der Waals surface area contributed by atoms with Crippen molar-refractivity contribution in [2.24, 2.45) is 0 Å². The lowest BCUT2D eigenvalue weighted by molar-refractivity contribution is -0.165. The third kappa shape index (κ3) is 4.64. The van der Waals surface area contributed by atoms with Gasteiger partial charge in [0, 0.05) is 25.7 Å². The quantitative estimate of drug-likeness (QED) is 0.476. The van der Waals surface area contributed by atoms with Crippen LogP contribution in [0.2, 0.25) is 0 Å². The van der Waals surface area contributed by atoms with Crippen LogP contribution in [0.4, 0.5) is 8.78 Å². The molecule has 0 radical (unpaired) electrons. The van der Waals surface area contributed by atoms with Crippen LogP contribution in [0, 0.1) is 11.6 Å². The van der Waals surface area contributed by atoms with Gasteiger partial charge < -0.3 is 9.47 Å². The minimum absolute atomic E-state index is 0.433. The lowest BCUT2D eigenvalue weighted by Crippen LogP contribution is -2.30. The topological polar surface area (TPSA) is 55.8 Å². The van der Waals surface area contributed by atoms with E-state index in [1.54, 1.807) is 0 Å². The summed E-state index contributed by atoms with van der Waals surface area (Å²) in [7, 11) is 0. The van der Waals surface area contributed by atoms with Crippen LogP contribution in [0.25, 0.3) is 0 Å². The first-order valence-electron chi connectivity index (χ1n) is 8.15. The first-order chi connectivity index (χ1) is 12.5. The van der Waals surface area contributed by atoms with Crippen LogP contribution in [0.15, 0.2) is 48.5 Å². The standard InChI is InChI=1S/C19H17F2NO4/c20-14-6-7-17(16(21)10-14)26-19(24)18(23)25-15-8-9-22(12-15)11-13-4-2-1-3-5-13/h1-7,10,15H,8-9,11-12H2. The third-order valence-electron chi connectivity index (χ3n) is 4.02. The Labute approximate surface area is 149 Å². The van der Waals surface area contributed by atoms with Gasteiger partial charge in [-0.1, -0.05) is 30.3 Å². The van der Waals surface area contributed by atoms with E-state index in [0.29, 0.717) is 19.0 Å². The molecule has 1 atom stereocenters. The van der Waals surface area contributed by atoms with E-state index in [2.05, 4.69) is 9.64 Å². The molecule has 0 saturated carbocycles. The van der Waals surface area contributed by atoms with Crippen molar-refractivity contribution >= 4 is 11.9 Å². The first kappa shape index (κ1) is 18.0. The molecule has 0 aromatic heterocycles. The first-order valence-corrected chi connectivity index (χ1v) is 8.15. The maximum atomic E-state index is 13.5. The van der Waals surface area contributed by atoms with Gasteiger partial charge in [-0.15, -0.1) is 0 Å². The molecular formula is C19H17F2NO4. The number of esters is 2. The Hall–Kier alpha value is -2.80. The highest BCUT2D eigenvalue weighted by Crippen LogP contribution is 2.19. The molecule has 26 heavy (non-hydrogen) atoms. The number of nitrogens with zero attached hydrogens (tertiary/aromatic N) is 1. The Morgan fingerprint density at radius 2 is 1.85 bits per heavy atom. The summed E-state index contributed by atoms with van der Waals surface area (Å²) in [6.07, 6.45) is 0.161. The van der Waals surface area contributed by atoms with Gasteiger partial charge in [0.15, 0.2) is 11.6 Å². The molecule has 0 spiro atoms. The number of ether oxygens (including phenoxy) is 2. The average molecular weight is 361 g/mol. The van der Waals surface area contributed by atoms with Crippen molar-refractivity contribution in [3.8, 4) is 5.75 Å². The van der Waals surface area contributed by atoms with E-state index in [1.807, 2.05) is 30.3 Å². The van der Waals surface area contributed by atoms with E-state index in [-0.39, 0.29) is 0 Å². The predicted molar refractivity (Wildman–Crippen MR) is 88.2 cm³/mol. The summed E-state index contributed by atoms with van der Waals surface area (Å²) >= 11 is 0. The van der Waals surface area contributed by atoms with Crippen molar-refractivity contribution in [1.82, 2.24) is 4.90 Å². The largest absolute Gasteiger partial charge is 0.453 e. The number of benzene rings is 2. The number of hydrogen-bond acceptors (Lipinski definition) is 5. The van der Waals surface area contributed by atoms with Crippen molar-refractivity contribution in [2.75, 3.05) is 13.1 Å². The highest BCUT2D eigenvalue weighted by atomic mass is 19.1. The second-order valence-corrected chi connectivity index (χ2v) is 6.00. The van der Waals surface area contributed by atoms with Crippen LogP contribution in [0.1, 0.15) is 12.0 Å². The van der Waals surface area contributed by atoms with Crippen molar-refractivity contribution in [3.63, 3.8) is 0 Å². The summed E-state index contributed by atoms with van der Waals surface area (Å²) < 4.78 is 36.0. The van der Waals surface area contributed by atoms with E-state index < -0.39 is 35.4 Å². The Balaban J connectivity index is 1.49. The van der Waals surface area contributed by atoms with Gasteiger partial charge in [-0.2, -0.15) is 0 Å². The molecule has 7 heteroatoms. The zero-order chi connectivity index (χ0) is 18.5. The van der Waals surface area contributed by atoms with Gasteiger partial charge >= 0.3 is 11.9 Å². The number of carbonyl (C=O) groups excluding carboxylic acids is 2. The van der Waals surface area contributed by atoms with E-state index in [0.717, 1.165) is 30.8 Å². The summed E-state index contributed by atoms with van der Waals surface area (Å²) in [5.74, 6) is -4.93. The molecule has 0 aliphatic carbocycles. The molecule has 1 aliphatic rings. The molecule has 1 fully saturated rings. The Kier molecular flexibility index (Phi) is 5.58. The third-order valence-corrected chi connectivity index (χ3v) is 4.02. The molecule has 0 bridgehead atoms. The number of rotatable bonds is 4. The van der Waals surface area contributed by atoms with E-state index in [1.165, 1.54) is 0 Å². The van der Waals surface area contributed by atoms with Gasteiger partial charge in [0.25, 0.3) is 0 Å². The summed E-state index contributed by atoms with van der Waals surface area (Å²) in [6.45, 7) is 1.95. The van der Waals surface area contributed by atoms with Gasteiger partial charge in [-0.25, -0.2) is 18.4 Å². The lowest BCUT2D eigenvalue weighted by Gasteiger charge is -2.16. The molecule has 136 valence electrons. The number of likely N-dealkylation sites (tertiary alicyclic amines) is 1. The van der Waals surface area contributed by atoms with Crippen molar-refractivity contribution in [2.45, 2.75) is 19.1 Å². The minimum atomic E-state index is -1.34. The van der Waals surface area contributed by atoms with Crippen LogP contribution >= 0.6 is 0 Å². The second kappa shape index (κ2) is 8.05. The molecule has 2 aromatic rings. The summed E-state index contributed by atoms with van der Waals surface area (Å²) in [5, 5.41) is 0. The van der Waals surface area contributed by atoms with Crippen LogP contribution in [0.3, 0.4) is 0 Å². The van der Waals surface area contributed by atoms with Gasteiger partial charge in [-0.05, 0) is 24.1 Å². The molecule has 3 rings (SSSR count). The van der Waals surface area contributed by atoms with Crippen LogP contribution in [0.5, 0.6) is 5.75 Å². The average Bonchev–Trinajstić information content (AvgIpc) is 3.05. The minimum Gasteiger partial charge on any atom is -0.453 e. The Morgan fingerprint density at radius 3 is 2.58 bits per heavy atom. The normalized spacial score (nSPS) is 17.1. The molecule has 1 aliphatic heterocycles. The van der Waals surface area contributed by atoms with E-state index >= 15 is 0 Å². The Bertz CT molecular complexity index is 797. The maximum Gasteiger partial charge on any atom is 0.422 e. The highest BCUT2D eigenvalue weighted by molar-refractivity contribution is 6.30. The molecule has 0 N–H and O–H groups in total. The summed E-state index contributed by atoms with van der Waals surface area (Å²) in [6, 6.07) is 12.3. The number of hydrogen-bond donors (Lipinski definition) is 0. The molecule has 0 amide bonds. The smallest absolute Gasteiger partial charge is 0.422 e. The summed E-state index contributed by atoms with van der Waals surface area (Å²) in [4.78, 5) is 25.7. The fourth-order valence-electron chi connectivity index (χ4n) is 2.78. The molecular weight excluding hydrogens is 344 g/mol. The van der Waals surface area contributed by atoms with Gasteiger partial charge in [-0.3, -0.25) is 4.90 Å².